The van der Waals surface area contributed by atoms with Crippen molar-refractivity contribution in [2.24, 2.45) is 0 Å². The summed E-state index contributed by atoms with van der Waals surface area (Å²) in [5.74, 6) is 0. The van der Waals surface area contributed by atoms with Crippen LogP contribution in [0.2, 0.25) is 0 Å². The number of hydrogen-bond donors (Lipinski definition) is 1. The Morgan fingerprint density at radius 1 is 1.23 bits per heavy atom. The van der Waals surface area contributed by atoms with Crippen LogP contribution < -0.4 is 5.56 Å². The van der Waals surface area contributed by atoms with Crippen LogP contribution >= 0.6 is 0 Å². The second-order valence-electron chi connectivity index (χ2n) is 7.55. The molecule has 1 saturated heterocycles. The molecule has 1 N–H and O–H groups in total. The van der Waals surface area contributed by atoms with Gasteiger partial charge in [0.25, 0.3) is 5.56 Å². The summed E-state index contributed by atoms with van der Waals surface area (Å²) in [6, 6.07) is 11.9. The molecule has 5 nitrogen and oxygen atoms in total. The lowest BCUT2D eigenvalue weighted by molar-refractivity contribution is 0.0292. The minimum Gasteiger partial charge on any atom is -0.379 e. The molecule has 2 aromatic rings. The summed E-state index contributed by atoms with van der Waals surface area (Å²) in [6.07, 6.45) is 0. The first-order valence-electron chi connectivity index (χ1n) is 8.96. The molecule has 1 aliphatic rings. The molecule has 1 aliphatic heterocycles. The molecule has 5 heteroatoms. The van der Waals surface area contributed by atoms with Crippen LogP contribution in [0.4, 0.5) is 0 Å². The number of aromatic nitrogens is 1. The molecule has 0 radical (unpaired) electrons. The number of nitrogens with zero attached hydrogens (tertiary/aromatic N) is 2. The molecular weight excluding hydrogens is 326 g/mol. The fraction of sp³-hybridized carbons (Fsp3) is 0.429. The molecular formula is C21H25N3O2. The molecule has 0 aliphatic carbocycles. The predicted octanol–water partition coefficient (Wildman–Crippen LogP) is 2.83. The molecule has 1 fully saturated rings. The van der Waals surface area contributed by atoms with Gasteiger partial charge in [0, 0.05) is 36.3 Å². The highest BCUT2D eigenvalue weighted by atomic mass is 16.5. The van der Waals surface area contributed by atoms with Gasteiger partial charge >= 0.3 is 0 Å². The molecule has 0 saturated carbocycles. The molecule has 1 aromatic carbocycles. The number of aromatic amines is 1. The first-order valence-corrected chi connectivity index (χ1v) is 8.96. The number of H-pyrrole nitrogens is 1. The maximum atomic E-state index is 12.6. The van der Waals surface area contributed by atoms with Crippen LogP contribution in [0.1, 0.15) is 30.7 Å². The minimum atomic E-state index is -0.323. The van der Waals surface area contributed by atoms with Gasteiger partial charge in [0.05, 0.1) is 13.2 Å². The zero-order valence-corrected chi connectivity index (χ0v) is 15.6. The van der Waals surface area contributed by atoms with E-state index in [1.165, 1.54) is 0 Å². The number of hydrogen-bond acceptors (Lipinski definition) is 4. The van der Waals surface area contributed by atoms with Gasteiger partial charge in [0.1, 0.15) is 11.6 Å². The van der Waals surface area contributed by atoms with E-state index in [4.69, 9.17) is 4.74 Å². The van der Waals surface area contributed by atoms with Gasteiger partial charge in [-0.25, -0.2) is 0 Å². The van der Waals surface area contributed by atoms with E-state index in [0.29, 0.717) is 5.56 Å². The summed E-state index contributed by atoms with van der Waals surface area (Å²) >= 11 is 0. The highest BCUT2D eigenvalue weighted by Gasteiger charge is 2.27. The normalized spacial score (nSPS) is 15.6. The fourth-order valence-corrected chi connectivity index (χ4v) is 3.40. The molecule has 0 amide bonds. The van der Waals surface area contributed by atoms with Crippen molar-refractivity contribution in [3.63, 3.8) is 0 Å². The molecule has 0 unspecified atom stereocenters. The second kappa shape index (κ2) is 7.45. The second-order valence-corrected chi connectivity index (χ2v) is 7.55. The van der Waals surface area contributed by atoms with Crippen LogP contribution in [0.25, 0.3) is 11.1 Å². The average Bonchev–Trinajstić information content (AvgIpc) is 2.62. The van der Waals surface area contributed by atoms with Crippen LogP contribution in [0.15, 0.2) is 35.1 Å². The topological polar surface area (TPSA) is 69.1 Å². The van der Waals surface area contributed by atoms with Crippen molar-refractivity contribution in [3.8, 4) is 17.2 Å². The minimum absolute atomic E-state index is 0.166. The Morgan fingerprint density at radius 3 is 2.50 bits per heavy atom. The number of benzene rings is 1. The Bertz CT molecular complexity index is 870. The smallest absolute Gasteiger partial charge is 0.266 e. The molecule has 3 rings (SSSR count). The van der Waals surface area contributed by atoms with E-state index in [1.54, 1.807) is 0 Å². The van der Waals surface area contributed by atoms with Crippen LogP contribution in [-0.4, -0.2) is 42.7 Å². The zero-order valence-electron chi connectivity index (χ0n) is 15.6. The van der Waals surface area contributed by atoms with Crippen molar-refractivity contribution in [1.29, 1.82) is 5.26 Å². The molecule has 1 aromatic heterocycles. The third-order valence-corrected chi connectivity index (χ3v) is 4.96. The highest BCUT2D eigenvalue weighted by molar-refractivity contribution is 5.70. The van der Waals surface area contributed by atoms with E-state index >= 15 is 0 Å². The van der Waals surface area contributed by atoms with Crippen LogP contribution in [0.5, 0.6) is 0 Å². The van der Waals surface area contributed by atoms with E-state index in [-0.39, 0.29) is 16.5 Å². The number of nitrogens with one attached hydrogen (secondary N) is 1. The van der Waals surface area contributed by atoms with Gasteiger partial charge in [-0.15, -0.1) is 0 Å². The number of rotatable bonds is 4. The third-order valence-electron chi connectivity index (χ3n) is 4.96. The maximum Gasteiger partial charge on any atom is 0.266 e. The van der Waals surface area contributed by atoms with E-state index in [0.717, 1.165) is 49.7 Å². The van der Waals surface area contributed by atoms with E-state index in [1.807, 2.05) is 37.3 Å². The largest absolute Gasteiger partial charge is 0.379 e. The lowest BCUT2D eigenvalue weighted by Crippen LogP contribution is -2.44. The van der Waals surface area contributed by atoms with Crippen molar-refractivity contribution in [1.82, 2.24) is 9.88 Å². The van der Waals surface area contributed by atoms with Crippen LogP contribution in [0, 0.1) is 18.3 Å². The van der Waals surface area contributed by atoms with Crippen molar-refractivity contribution in [3.05, 3.63) is 57.5 Å². The zero-order chi connectivity index (χ0) is 18.7. The Labute approximate surface area is 154 Å². The van der Waals surface area contributed by atoms with E-state index in [2.05, 4.69) is 29.8 Å². The molecule has 2 heterocycles. The first kappa shape index (κ1) is 18.4. The molecule has 0 atom stereocenters. The SMILES string of the molecule is Cc1ccc(-c2cc(C(C)(C)CN3CCOCC3)[nH]c(=O)c2C#N)cc1. The van der Waals surface area contributed by atoms with Gasteiger partial charge in [-0.1, -0.05) is 43.7 Å². The van der Waals surface area contributed by atoms with Crippen molar-refractivity contribution >= 4 is 0 Å². The number of nitriles is 1. The first-order chi connectivity index (χ1) is 12.4. The lowest BCUT2D eigenvalue weighted by atomic mass is 9.85. The number of aryl methyl sites for hydroxylation is 1. The Kier molecular flexibility index (Phi) is 5.26. The van der Waals surface area contributed by atoms with E-state index in [9.17, 15) is 10.1 Å². The summed E-state index contributed by atoms with van der Waals surface area (Å²) in [4.78, 5) is 17.9. The van der Waals surface area contributed by atoms with Crippen LogP contribution in [-0.2, 0) is 10.2 Å². The third kappa shape index (κ3) is 3.87. The summed E-state index contributed by atoms with van der Waals surface area (Å²) in [5.41, 5.74) is 3.18. The Balaban J connectivity index is 2.01. The van der Waals surface area contributed by atoms with Gasteiger partial charge in [-0.2, -0.15) is 5.26 Å². The Hall–Kier alpha value is -2.42. The van der Waals surface area contributed by atoms with Crippen molar-refractivity contribution < 1.29 is 4.74 Å². The summed E-state index contributed by atoms with van der Waals surface area (Å²) in [7, 11) is 0. The molecule has 0 spiro atoms. The number of ether oxygens (including phenoxy) is 1. The van der Waals surface area contributed by atoms with Gasteiger partial charge < -0.3 is 9.72 Å². The number of morpholine rings is 1. The monoisotopic (exact) mass is 351 g/mol. The number of pyridine rings is 1. The van der Waals surface area contributed by atoms with Crippen molar-refractivity contribution in [2.45, 2.75) is 26.2 Å². The Morgan fingerprint density at radius 2 is 1.88 bits per heavy atom. The fourth-order valence-electron chi connectivity index (χ4n) is 3.40. The average molecular weight is 351 g/mol. The maximum absolute atomic E-state index is 12.6. The predicted molar refractivity (Wildman–Crippen MR) is 102 cm³/mol. The summed E-state index contributed by atoms with van der Waals surface area (Å²) in [6.45, 7) is 10.4. The van der Waals surface area contributed by atoms with Crippen LogP contribution in [0.3, 0.4) is 0 Å². The summed E-state index contributed by atoms with van der Waals surface area (Å²) < 4.78 is 5.42. The molecule has 136 valence electrons. The molecule has 0 bridgehead atoms. The molecule has 26 heavy (non-hydrogen) atoms. The standard InChI is InChI=1S/C21H25N3O2/c1-15-4-6-16(7-5-15)17-12-19(23-20(25)18(17)13-22)21(2,3)14-24-8-10-26-11-9-24/h4-7,12H,8-11,14H2,1-3H3,(H,23,25). The van der Waals surface area contributed by atoms with Gasteiger partial charge in [-0.05, 0) is 18.6 Å². The highest BCUT2D eigenvalue weighted by Crippen LogP contribution is 2.28. The van der Waals surface area contributed by atoms with Crippen molar-refractivity contribution in [2.75, 3.05) is 32.8 Å². The van der Waals surface area contributed by atoms with E-state index < -0.39 is 0 Å². The summed E-state index contributed by atoms with van der Waals surface area (Å²) in [5, 5.41) is 9.48. The van der Waals surface area contributed by atoms with Gasteiger partial charge in [0.15, 0.2) is 0 Å². The van der Waals surface area contributed by atoms with Gasteiger partial charge in [-0.3, -0.25) is 9.69 Å². The quantitative estimate of drug-likeness (QED) is 0.920. The van der Waals surface area contributed by atoms with Gasteiger partial charge in [0.2, 0.25) is 0 Å². The lowest BCUT2D eigenvalue weighted by Gasteiger charge is -2.35.